The summed E-state index contributed by atoms with van der Waals surface area (Å²) in [6.07, 6.45) is 3.93. The Hall–Kier alpha value is -2.94. The molecule has 5 heteroatoms. The van der Waals surface area contributed by atoms with Crippen LogP contribution < -0.4 is 0 Å². The van der Waals surface area contributed by atoms with Crippen LogP contribution in [0.25, 0.3) is 11.1 Å². The molecule has 1 aliphatic heterocycles. The first-order valence-corrected chi connectivity index (χ1v) is 9.69. The normalized spacial score (nSPS) is 18.1. The zero-order chi connectivity index (χ0) is 19.3. The van der Waals surface area contributed by atoms with Crippen LogP contribution in [0.4, 0.5) is 0 Å². The minimum atomic E-state index is -0.0736. The number of rotatable bonds is 5. The molecule has 1 aliphatic rings. The zero-order valence-electron chi connectivity index (χ0n) is 16.2. The topological polar surface area (TPSA) is 48.1 Å². The van der Waals surface area contributed by atoms with Crippen molar-refractivity contribution in [3.8, 4) is 17.2 Å². The van der Waals surface area contributed by atoms with Gasteiger partial charge in [0.05, 0.1) is 12.3 Å². The van der Waals surface area contributed by atoms with Crippen molar-refractivity contribution >= 4 is 0 Å². The number of hydrogen-bond donors (Lipinski definition) is 0. The monoisotopic (exact) mass is 371 g/mol. The Morgan fingerprint density at radius 2 is 1.82 bits per heavy atom. The minimum Gasteiger partial charge on any atom is -0.295 e. The van der Waals surface area contributed by atoms with Gasteiger partial charge in [0.15, 0.2) is 0 Å². The minimum absolute atomic E-state index is 0.0736. The third kappa shape index (κ3) is 4.30. The molecule has 0 bridgehead atoms. The van der Waals surface area contributed by atoms with E-state index in [1.807, 2.05) is 30.2 Å². The van der Waals surface area contributed by atoms with Gasteiger partial charge < -0.3 is 0 Å². The van der Waals surface area contributed by atoms with Crippen molar-refractivity contribution in [2.75, 3.05) is 19.6 Å². The summed E-state index contributed by atoms with van der Waals surface area (Å²) in [5, 5.41) is 14.0. The van der Waals surface area contributed by atoms with E-state index in [0.717, 1.165) is 38.3 Å². The Balaban J connectivity index is 1.41. The van der Waals surface area contributed by atoms with E-state index >= 15 is 0 Å². The third-order valence-electron chi connectivity index (χ3n) is 5.32. The smallest absolute Gasteiger partial charge is 0.111 e. The van der Waals surface area contributed by atoms with Crippen molar-refractivity contribution in [3.05, 3.63) is 78.1 Å². The molecule has 1 fully saturated rings. The van der Waals surface area contributed by atoms with Gasteiger partial charge in [-0.05, 0) is 22.8 Å². The van der Waals surface area contributed by atoms with Crippen molar-refractivity contribution in [3.63, 3.8) is 0 Å². The van der Waals surface area contributed by atoms with E-state index in [9.17, 15) is 5.26 Å². The Morgan fingerprint density at radius 3 is 2.57 bits per heavy atom. The molecule has 142 valence electrons. The van der Waals surface area contributed by atoms with Gasteiger partial charge in [-0.2, -0.15) is 10.4 Å². The third-order valence-corrected chi connectivity index (χ3v) is 5.32. The predicted octanol–water partition coefficient (Wildman–Crippen LogP) is 3.30. The summed E-state index contributed by atoms with van der Waals surface area (Å²) in [7, 11) is 1.93. The van der Waals surface area contributed by atoms with Crippen LogP contribution in [0.15, 0.2) is 67.0 Å². The Kier molecular flexibility index (Phi) is 5.52. The van der Waals surface area contributed by atoms with Crippen LogP contribution >= 0.6 is 0 Å². The Morgan fingerprint density at radius 1 is 1.00 bits per heavy atom. The molecule has 1 atom stereocenters. The van der Waals surface area contributed by atoms with Gasteiger partial charge in [0.25, 0.3) is 0 Å². The first-order chi connectivity index (χ1) is 13.7. The van der Waals surface area contributed by atoms with Crippen molar-refractivity contribution in [1.29, 1.82) is 5.26 Å². The molecule has 2 aromatic carbocycles. The molecule has 1 unspecified atom stereocenters. The molecule has 0 saturated carbocycles. The second kappa shape index (κ2) is 8.39. The molecule has 0 radical (unpaired) electrons. The van der Waals surface area contributed by atoms with Crippen molar-refractivity contribution in [2.24, 2.45) is 7.05 Å². The highest BCUT2D eigenvalue weighted by Crippen LogP contribution is 2.21. The van der Waals surface area contributed by atoms with Gasteiger partial charge in [0, 0.05) is 51.5 Å². The average Bonchev–Trinajstić information content (AvgIpc) is 3.16. The second-order valence-electron chi connectivity index (χ2n) is 7.44. The molecule has 28 heavy (non-hydrogen) atoms. The van der Waals surface area contributed by atoms with Crippen LogP contribution in [0.1, 0.15) is 11.1 Å². The van der Waals surface area contributed by atoms with Gasteiger partial charge in [-0.1, -0.05) is 48.5 Å². The Labute approximate surface area is 166 Å². The molecule has 0 aliphatic carbocycles. The number of aryl methyl sites for hydroxylation is 1. The van der Waals surface area contributed by atoms with E-state index in [2.05, 4.69) is 69.5 Å². The van der Waals surface area contributed by atoms with E-state index in [1.165, 1.54) is 16.7 Å². The van der Waals surface area contributed by atoms with Crippen molar-refractivity contribution < 1.29 is 0 Å². The van der Waals surface area contributed by atoms with Crippen LogP contribution in [0, 0.1) is 11.3 Å². The predicted molar refractivity (Wildman–Crippen MR) is 110 cm³/mol. The second-order valence-corrected chi connectivity index (χ2v) is 7.44. The molecule has 1 saturated heterocycles. The fourth-order valence-electron chi connectivity index (χ4n) is 3.83. The summed E-state index contributed by atoms with van der Waals surface area (Å²) in [6.45, 7) is 4.37. The standard InChI is InChI=1S/C23H25N5/c1-26-17-22(14-25-26)21-9-5-8-20(12-21)15-27-10-11-28(23(13-24)18-27)16-19-6-3-2-4-7-19/h2-9,12,14,17,23H,10-11,15-16,18H2,1H3. The molecule has 3 aromatic rings. The summed E-state index contributed by atoms with van der Waals surface area (Å²) < 4.78 is 1.82. The highest BCUT2D eigenvalue weighted by atomic mass is 15.3. The van der Waals surface area contributed by atoms with Crippen molar-refractivity contribution in [1.82, 2.24) is 19.6 Å². The number of hydrogen-bond acceptors (Lipinski definition) is 4. The van der Waals surface area contributed by atoms with Crippen LogP contribution in [0.3, 0.4) is 0 Å². The van der Waals surface area contributed by atoms with E-state index in [-0.39, 0.29) is 6.04 Å². The van der Waals surface area contributed by atoms with Gasteiger partial charge in [0.1, 0.15) is 6.04 Å². The molecule has 0 N–H and O–H groups in total. The van der Waals surface area contributed by atoms with Gasteiger partial charge in [0.2, 0.25) is 0 Å². The maximum atomic E-state index is 9.69. The number of piperazine rings is 1. The SMILES string of the molecule is Cn1cc(-c2cccc(CN3CCN(Cc4ccccc4)C(C#N)C3)c2)cn1. The van der Waals surface area contributed by atoms with Gasteiger partial charge >= 0.3 is 0 Å². The van der Waals surface area contributed by atoms with Gasteiger partial charge in [-0.3, -0.25) is 14.5 Å². The number of aromatic nitrogens is 2. The van der Waals surface area contributed by atoms with Crippen molar-refractivity contribution in [2.45, 2.75) is 19.1 Å². The van der Waals surface area contributed by atoms with Gasteiger partial charge in [-0.15, -0.1) is 0 Å². The molecule has 2 heterocycles. The fraction of sp³-hybridized carbons (Fsp3) is 0.304. The average molecular weight is 371 g/mol. The summed E-state index contributed by atoms with van der Waals surface area (Å²) >= 11 is 0. The fourth-order valence-corrected chi connectivity index (χ4v) is 3.83. The molecule has 1 aromatic heterocycles. The zero-order valence-corrected chi connectivity index (χ0v) is 16.2. The van der Waals surface area contributed by atoms with E-state index in [4.69, 9.17) is 0 Å². The maximum absolute atomic E-state index is 9.69. The van der Waals surface area contributed by atoms with Crippen LogP contribution in [0.5, 0.6) is 0 Å². The number of benzene rings is 2. The van der Waals surface area contributed by atoms with Crippen LogP contribution in [-0.4, -0.2) is 45.3 Å². The lowest BCUT2D eigenvalue weighted by Gasteiger charge is -2.38. The Bertz CT molecular complexity index is 956. The molecular weight excluding hydrogens is 346 g/mol. The van der Waals surface area contributed by atoms with E-state index in [0.29, 0.717) is 0 Å². The summed E-state index contributed by atoms with van der Waals surface area (Å²) in [5.41, 5.74) is 4.85. The highest BCUT2D eigenvalue weighted by molar-refractivity contribution is 5.62. The number of nitriles is 1. The van der Waals surface area contributed by atoms with Gasteiger partial charge in [-0.25, -0.2) is 0 Å². The largest absolute Gasteiger partial charge is 0.295 e. The summed E-state index contributed by atoms with van der Waals surface area (Å²) in [5.74, 6) is 0. The molecular formula is C23H25N5. The summed E-state index contributed by atoms with van der Waals surface area (Å²) in [4.78, 5) is 4.68. The van der Waals surface area contributed by atoms with E-state index in [1.54, 1.807) is 0 Å². The lowest BCUT2D eigenvalue weighted by molar-refractivity contribution is 0.0902. The molecule has 4 rings (SSSR count). The first kappa shape index (κ1) is 18.4. The quantitative estimate of drug-likeness (QED) is 0.690. The number of nitrogens with zero attached hydrogens (tertiary/aromatic N) is 5. The molecule has 0 spiro atoms. The van der Waals surface area contributed by atoms with Crippen LogP contribution in [-0.2, 0) is 20.1 Å². The van der Waals surface area contributed by atoms with Crippen LogP contribution in [0.2, 0.25) is 0 Å². The first-order valence-electron chi connectivity index (χ1n) is 9.69. The highest BCUT2D eigenvalue weighted by Gasteiger charge is 2.26. The maximum Gasteiger partial charge on any atom is 0.111 e. The lowest BCUT2D eigenvalue weighted by Crippen LogP contribution is -2.51. The van der Waals surface area contributed by atoms with E-state index < -0.39 is 0 Å². The molecule has 5 nitrogen and oxygen atoms in total. The summed E-state index contributed by atoms with van der Waals surface area (Å²) in [6, 6.07) is 21.5. The lowest BCUT2D eigenvalue weighted by atomic mass is 10.0. The molecule has 0 amide bonds.